The summed E-state index contributed by atoms with van der Waals surface area (Å²) >= 11 is 0. The third-order valence-electron chi connectivity index (χ3n) is 1.78. The van der Waals surface area contributed by atoms with Crippen molar-refractivity contribution in [2.75, 3.05) is 13.6 Å². The maximum atomic E-state index is 11.2. The molecule has 0 aliphatic heterocycles. The molecule has 1 unspecified atom stereocenters. The molecule has 0 aliphatic carbocycles. The van der Waals surface area contributed by atoms with Crippen molar-refractivity contribution in [2.24, 2.45) is 5.73 Å². The highest BCUT2D eigenvalue weighted by Crippen LogP contribution is 1.99. The molecule has 0 aromatic heterocycles. The lowest BCUT2D eigenvalue weighted by Crippen LogP contribution is -2.35. The summed E-state index contributed by atoms with van der Waals surface area (Å²) in [5.74, 6) is -2.73. The van der Waals surface area contributed by atoms with Gasteiger partial charge in [0.2, 0.25) is 5.91 Å². The Morgan fingerprint density at radius 1 is 1.33 bits per heavy atom. The number of carbonyl (C=O) groups excluding carboxylic acids is 1. The number of likely N-dealkylation sites (N-methyl/N-ethyl adjacent to an activating group) is 1. The Balaban J connectivity index is 3.93. The zero-order valence-corrected chi connectivity index (χ0v) is 8.34. The molecule has 7 heteroatoms. The highest BCUT2D eigenvalue weighted by Gasteiger charge is 2.16. The third kappa shape index (κ3) is 5.63. The molecule has 4 N–H and O–H groups in total. The van der Waals surface area contributed by atoms with Gasteiger partial charge in [0.25, 0.3) is 0 Å². The van der Waals surface area contributed by atoms with Crippen LogP contribution < -0.4 is 5.73 Å². The van der Waals surface area contributed by atoms with Gasteiger partial charge in [-0.25, -0.2) is 0 Å². The monoisotopic (exact) mass is 218 g/mol. The van der Waals surface area contributed by atoms with Crippen molar-refractivity contribution in [1.29, 1.82) is 0 Å². The molecule has 0 heterocycles. The fraction of sp³-hybridized carbons (Fsp3) is 0.625. The average molecular weight is 218 g/mol. The first-order chi connectivity index (χ1) is 6.84. The smallest absolute Gasteiger partial charge is 0.323 e. The maximum Gasteiger partial charge on any atom is 0.323 e. The zero-order valence-electron chi connectivity index (χ0n) is 8.34. The quantitative estimate of drug-likeness (QED) is 0.510. The molecule has 15 heavy (non-hydrogen) atoms. The number of hydrogen-bond acceptors (Lipinski definition) is 4. The lowest BCUT2D eigenvalue weighted by molar-refractivity contribution is -0.144. The Bertz CT molecular complexity index is 266. The molecule has 0 bridgehead atoms. The van der Waals surface area contributed by atoms with E-state index >= 15 is 0 Å². The molecule has 0 rings (SSSR count). The minimum Gasteiger partial charge on any atom is -0.480 e. The van der Waals surface area contributed by atoms with Crippen molar-refractivity contribution in [3.05, 3.63) is 0 Å². The van der Waals surface area contributed by atoms with Crippen molar-refractivity contribution in [3.8, 4) is 0 Å². The number of nitrogens with two attached hydrogens (primary N) is 1. The van der Waals surface area contributed by atoms with E-state index in [0.717, 1.165) is 4.90 Å². The predicted octanol–water partition coefficient (Wildman–Crippen LogP) is -1.28. The van der Waals surface area contributed by atoms with E-state index < -0.39 is 30.4 Å². The van der Waals surface area contributed by atoms with Gasteiger partial charge in [-0.05, 0) is 6.42 Å². The van der Waals surface area contributed by atoms with Gasteiger partial charge in [0, 0.05) is 13.5 Å². The maximum absolute atomic E-state index is 11.2. The first kappa shape index (κ1) is 13.4. The summed E-state index contributed by atoms with van der Waals surface area (Å²) < 4.78 is 0. The second-order valence-electron chi connectivity index (χ2n) is 3.13. The zero-order chi connectivity index (χ0) is 12.0. The Morgan fingerprint density at radius 2 is 1.87 bits per heavy atom. The van der Waals surface area contributed by atoms with E-state index in [2.05, 4.69) is 0 Å². The Hall–Kier alpha value is -1.63. The minimum atomic E-state index is -1.18. The van der Waals surface area contributed by atoms with Gasteiger partial charge < -0.3 is 20.8 Å². The standard InChI is InChI=1S/C8H14N2O5/c1-10(4-7(12)13)6(11)3-2-5(9)8(14)15/h5H,2-4,9H2,1H3,(H,12,13)(H,14,15). The van der Waals surface area contributed by atoms with Gasteiger partial charge in [-0.3, -0.25) is 14.4 Å². The molecule has 1 atom stereocenters. The second-order valence-corrected chi connectivity index (χ2v) is 3.13. The summed E-state index contributed by atoms with van der Waals surface area (Å²) in [6, 6.07) is -1.09. The van der Waals surface area contributed by atoms with Crippen molar-refractivity contribution in [3.63, 3.8) is 0 Å². The molecule has 86 valence electrons. The van der Waals surface area contributed by atoms with Crippen molar-refractivity contribution in [1.82, 2.24) is 4.90 Å². The van der Waals surface area contributed by atoms with Crippen LogP contribution in [-0.2, 0) is 14.4 Å². The van der Waals surface area contributed by atoms with E-state index in [1.165, 1.54) is 7.05 Å². The molecule has 0 saturated carbocycles. The van der Waals surface area contributed by atoms with Crippen LogP contribution in [0.3, 0.4) is 0 Å². The summed E-state index contributed by atoms with van der Waals surface area (Å²) in [6.45, 7) is -0.402. The highest BCUT2D eigenvalue weighted by atomic mass is 16.4. The number of amides is 1. The van der Waals surface area contributed by atoms with E-state index in [9.17, 15) is 14.4 Å². The SMILES string of the molecule is CN(CC(=O)O)C(=O)CCC(N)C(=O)O. The summed E-state index contributed by atoms with van der Waals surface area (Å²) in [5, 5.41) is 16.8. The molecule has 0 saturated heterocycles. The number of rotatable bonds is 6. The van der Waals surface area contributed by atoms with Crippen LogP contribution in [0, 0.1) is 0 Å². The van der Waals surface area contributed by atoms with Crippen LogP contribution in [0.4, 0.5) is 0 Å². The molecular weight excluding hydrogens is 204 g/mol. The van der Waals surface area contributed by atoms with E-state index in [-0.39, 0.29) is 12.8 Å². The summed E-state index contributed by atoms with van der Waals surface area (Å²) in [5.41, 5.74) is 5.18. The molecular formula is C8H14N2O5. The van der Waals surface area contributed by atoms with Crippen LogP contribution in [0.15, 0.2) is 0 Å². The molecule has 0 aromatic rings. The minimum absolute atomic E-state index is 0.00186. The normalized spacial score (nSPS) is 11.9. The van der Waals surface area contributed by atoms with Gasteiger partial charge in [0.15, 0.2) is 0 Å². The van der Waals surface area contributed by atoms with Gasteiger partial charge >= 0.3 is 11.9 Å². The van der Waals surface area contributed by atoms with Crippen LogP contribution in [0.25, 0.3) is 0 Å². The van der Waals surface area contributed by atoms with Gasteiger partial charge in [-0.2, -0.15) is 0 Å². The number of aliphatic carboxylic acids is 2. The number of hydrogen-bond donors (Lipinski definition) is 3. The van der Waals surface area contributed by atoms with E-state index in [1.807, 2.05) is 0 Å². The molecule has 0 radical (unpaired) electrons. The summed E-state index contributed by atoms with van der Waals surface area (Å²) in [7, 11) is 1.34. The molecule has 0 spiro atoms. The molecule has 0 aromatic carbocycles. The van der Waals surface area contributed by atoms with E-state index in [1.54, 1.807) is 0 Å². The molecule has 0 fully saturated rings. The van der Waals surface area contributed by atoms with Crippen molar-refractivity contribution >= 4 is 17.8 Å². The lowest BCUT2D eigenvalue weighted by Gasteiger charge is -2.14. The Labute approximate surface area is 86.5 Å². The lowest BCUT2D eigenvalue weighted by atomic mass is 10.1. The second kappa shape index (κ2) is 5.97. The first-order valence-corrected chi connectivity index (χ1v) is 4.28. The highest BCUT2D eigenvalue weighted by molar-refractivity contribution is 5.81. The van der Waals surface area contributed by atoms with Gasteiger partial charge in [0.05, 0.1) is 0 Å². The fourth-order valence-electron chi connectivity index (χ4n) is 0.884. The summed E-state index contributed by atoms with van der Waals surface area (Å²) in [4.78, 5) is 32.8. The van der Waals surface area contributed by atoms with Crippen molar-refractivity contribution in [2.45, 2.75) is 18.9 Å². The van der Waals surface area contributed by atoms with Gasteiger partial charge in [-0.15, -0.1) is 0 Å². The third-order valence-corrected chi connectivity index (χ3v) is 1.78. The first-order valence-electron chi connectivity index (χ1n) is 4.28. The molecule has 1 amide bonds. The summed E-state index contributed by atoms with van der Waals surface area (Å²) in [6.07, 6.45) is -0.0740. The Kier molecular flexibility index (Phi) is 5.32. The van der Waals surface area contributed by atoms with Crippen LogP contribution in [0.5, 0.6) is 0 Å². The van der Waals surface area contributed by atoms with E-state index in [4.69, 9.17) is 15.9 Å². The molecule has 7 nitrogen and oxygen atoms in total. The number of nitrogens with zero attached hydrogens (tertiary/aromatic N) is 1. The Morgan fingerprint density at radius 3 is 2.27 bits per heavy atom. The predicted molar refractivity (Wildman–Crippen MR) is 50.1 cm³/mol. The van der Waals surface area contributed by atoms with Gasteiger partial charge in [0.1, 0.15) is 12.6 Å². The van der Waals surface area contributed by atoms with Crippen LogP contribution in [0.1, 0.15) is 12.8 Å². The number of carbonyl (C=O) groups is 3. The van der Waals surface area contributed by atoms with E-state index in [0.29, 0.717) is 0 Å². The largest absolute Gasteiger partial charge is 0.480 e. The van der Waals surface area contributed by atoms with Crippen LogP contribution in [0.2, 0.25) is 0 Å². The molecule has 0 aliphatic rings. The van der Waals surface area contributed by atoms with Crippen LogP contribution >= 0.6 is 0 Å². The van der Waals surface area contributed by atoms with Crippen LogP contribution in [-0.4, -0.2) is 52.6 Å². The average Bonchev–Trinajstić information content (AvgIpc) is 2.12. The number of carboxylic acids is 2. The topological polar surface area (TPSA) is 121 Å². The number of carboxylic acid groups (broad SMARTS) is 2. The fourth-order valence-corrected chi connectivity index (χ4v) is 0.884. The van der Waals surface area contributed by atoms with Gasteiger partial charge in [-0.1, -0.05) is 0 Å². The van der Waals surface area contributed by atoms with Crippen molar-refractivity contribution < 1.29 is 24.6 Å².